The summed E-state index contributed by atoms with van der Waals surface area (Å²) in [6.45, 7) is 1.16. The van der Waals surface area contributed by atoms with Crippen LogP contribution in [-0.4, -0.2) is 34.5 Å². The van der Waals surface area contributed by atoms with Gasteiger partial charge in [-0.1, -0.05) is 6.07 Å². The molecular weight excluding hydrogens is 252 g/mol. The van der Waals surface area contributed by atoms with E-state index in [0.717, 1.165) is 12.0 Å². The van der Waals surface area contributed by atoms with Gasteiger partial charge in [0.1, 0.15) is 0 Å². The molecule has 2 aromatic heterocycles. The van der Waals surface area contributed by atoms with Gasteiger partial charge in [-0.3, -0.25) is 9.97 Å². The van der Waals surface area contributed by atoms with Crippen molar-refractivity contribution in [2.45, 2.75) is 13.0 Å². The number of hydrogen-bond donors (Lipinski definition) is 1. The number of hydrogen-bond acceptors (Lipinski definition) is 3. The molecule has 0 bridgehead atoms. The van der Waals surface area contributed by atoms with E-state index in [1.165, 1.54) is 5.56 Å². The summed E-state index contributed by atoms with van der Waals surface area (Å²) in [5.74, 6) is 0. The second-order valence-electron chi connectivity index (χ2n) is 4.55. The van der Waals surface area contributed by atoms with Gasteiger partial charge < -0.3 is 10.2 Å². The maximum absolute atomic E-state index is 11.9. The number of amides is 2. The number of carbonyl (C=O) groups is 1. The molecule has 104 valence electrons. The third kappa shape index (κ3) is 4.35. The SMILES string of the molecule is CN(CCc1ccncc1)C(=O)NCc1cccnc1. The minimum Gasteiger partial charge on any atom is -0.334 e. The molecule has 0 aromatic carbocycles. The first kappa shape index (κ1) is 14.0. The highest BCUT2D eigenvalue weighted by Gasteiger charge is 2.07. The molecule has 0 saturated carbocycles. The van der Waals surface area contributed by atoms with Gasteiger partial charge in [0.15, 0.2) is 0 Å². The van der Waals surface area contributed by atoms with Crippen molar-refractivity contribution in [3.05, 3.63) is 60.2 Å². The molecule has 1 N–H and O–H groups in total. The molecule has 20 heavy (non-hydrogen) atoms. The fourth-order valence-corrected chi connectivity index (χ4v) is 1.76. The molecule has 0 saturated heterocycles. The highest BCUT2D eigenvalue weighted by Crippen LogP contribution is 2.00. The Morgan fingerprint density at radius 3 is 2.65 bits per heavy atom. The summed E-state index contributed by atoms with van der Waals surface area (Å²) >= 11 is 0. The number of likely N-dealkylation sites (N-methyl/N-ethyl adjacent to an activating group) is 1. The van der Waals surface area contributed by atoms with Crippen LogP contribution in [0.15, 0.2) is 49.1 Å². The average Bonchev–Trinajstić information content (AvgIpc) is 2.52. The number of rotatable bonds is 5. The van der Waals surface area contributed by atoms with E-state index in [-0.39, 0.29) is 6.03 Å². The molecule has 2 amide bonds. The first-order valence-electron chi connectivity index (χ1n) is 6.52. The molecular formula is C15H18N4O. The van der Waals surface area contributed by atoms with Crippen molar-refractivity contribution in [3.8, 4) is 0 Å². The summed E-state index contributed by atoms with van der Waals surface area (Å²) in [6.07, 6.45) is 7.80. The van der Waals surface area contributed by atoms with E-state index in [9.17, 15) is 4.79 Å². The van der Waals surface area contributed by atoms with Gasteiger partial charge in [0.2, 0.25) is 0 Å². The highest BCUT2D eigenvalue weighted by atomic mass is 16.2. The van der Waals surface area contributed by atoms with Crippen molar-refractivity contribution in [2.24, 2.45) is 0 Å². The Morgan fingerprint density at radius 2 is 1.95 bits per heavy atom. The van der Waals surface area contributed by atoms with Gasteiger partial charge in [0.05, 0.1) is 0 Å². The molecule has 2 rings (SSSR count). The Hall–Kier alpha value is -2.43. The van der Waals surface area contributed by atoms with Gasteiger partial charge in [-0.05, 0) is 35.7 Å². The lowest BCUT2D eigenvalue weighted by Gasteiger charge is -2.17. The van der Waals surface area contributed by atoms with E-state index in [1.807, 2.05) is 24.3 Å². The van der Waals surface area contributed by atoms with Crippen LogP contribution in [0.1, 0.15) is 11.1 Å². The lowest BCUT2D eigenvalue weighted by Crippen LogP contribution is -2.38. The minimum atomic E-state index is -0.0806. The van der Waals surface area contributed by atoms with Gasteiger partial charge in [-0.2, -0.15) is 0 Å². The molecule has 0 aliphatic heterocycles. The predicted octanol–water partition coefficient (Wildman–Crippen LogP) is 1.86. The number of aromatic nitrogens is 2. The standard InChI is InChI=1S/C15H18N4O/c1-19(10-6-13-4-8-16-9-5-13)15(20)18-12-14-3-2-7-17-11-14/h2-5,7-9,11H,6,10,12H2,1H3,(H,18,20). The molecule has 0 aliphatic carbocycles. The van der Waals surface area contributed by atoms with Gasteiger partial charge in [-0.15, -0.1) is 0 Å². The normalized spacial score (nSPS) is 10.1. The van der Waals surface area contributed by atoms with E-state index < -0.39 is 0 Å². The van der Waals surface area contributed by atoms with Crippen molar-refractivity contribution < 1.29 is 4.79 Å². The monoisotopic (exact) mass is 270 g/mol. The molecule has 0 atom stereocenters. The van der Waals surface area contributed by atoms with Crippen LogP contribution in [0.5, 0.6) is 0 Å². The Bertz CT molecular complexity index is 530. The van der Waals surface area contributed by atoms with E-state index in [4.69, 9.17) is 0 Å². The van der Waals surface area contributed by atoms with Crippen LogP contribution in [0.2, 0.25) is 0 Å². The Kier molecular flexibility index (Phi) is 5.06. The van der Waals surface area contributed by atoms with Gasteiger partial charge in [0.25, 0.3) is 0 Å². The third-order valence-corrected chi connectivity index (χ3v) is 3.00. The third-order valence-electron chi connectivity index (χ3n) is 3.00. The molecule has 0 unspecified atom stereocenters. The fourth-order valence-electron chi connectivity index (χ4n) is 1.76. The Morgan fingerprint density at radius 1 is 1.15 bits per heavy atom. The second-order valence-corrected chi connectivity index (χ2v) is 4.55. The maximum atomic E-state index is 11.9. The summed E-state index contributed by atoms with van der Waals surface area (Å²) < 4.78 is 0. The molecule has 0 aliphatic rings. The second kappa shape index (κ2) is 7.23. The first-order chi connectivity index (χ1) is 9.75. The molecule has 2 heterocycles. The van der Waals surface area contributed by atoms with Crippen LogP contribution in [0.4, 0.5) is 4.79 Å². The van der Waals surface area contributed by atoms with Crippen molar-refractivity contribution in [3.63, 3.8) is 0 Å². The molecule has 0 radical (unpaired) electrons. The van der Waals surface area contributed by atoms with Crippen molar-refractivity contribution in [2.75, 3.05) is 13.6 Å². The zero-order chi connectivity index (χ0) is 14.2. The van der Waals surface area contributed by atoms with Crippen LogP contribution in [0.3, 0.4) is 0 Å². The Labute approximate surface area is 118 Å². The zero-order valence-corrected chi connectivity index (χ0v) is 11.5. The highest BCUT2D eigenvalue weighted by molar-refractivity contribution is 5.73. The summed E-state index contributed by atoms with van der Waals surface area (Å²) in [6, 6.07) is 7.63. The summed E-state index contributed by atoms with van der Waals surface area (Å²) in [7, 11) is 1.79. The molecule has 5 nitrogen and oxygen atoms in total. The van der Waals surface area contributed by atoms with Crippen molar-refractivity contribution in [1.29, 1.82) is 0 Å². The predicted molar refractivity (Wildman–Crippen MR) is 77.0 cm³/mol. The van der Waals surface area contributed by atoms with Crippen LogP contribution in [-0.2, 0) is 13.0 Å². The number of urea groups is 1. The number of carbonyl (C=O) groups excluding carboxylic acids is 1. The number of nitrogens with one attached hydrogen (secondary N) is 1. The van der Waals surface area contributed by atoms with Gasteiger partial charge in [-0.25, -0.2) is 4.79 Å². The lowest BCUT2D eigenvalue weighted by atomic mass is 10.2. The number of nitrogens with zero attached hydrogens (tertiary/aromatic N) is 3. The van der Waals surface area contributed by atoms with Gasteiger partial charge >= 0.3 is 6.03 Å². The number of pyridine rings is 2. The van der Waals surface area contributed by atoms with Crippen LogP contribution in [0.25, 0.3) is 0 Å². The zero-order valence-electron chi connectivity index (χ0n) is 11.5. The minimum absolute atomic E-state index is 0.0806. The molecule has 0 fully saturated rings. The molecule has 2 aromatic rings. The van der Waals surface area contributed by atoms with E-state index >= 15 is 0 Å². The fraction of sp³-hybridized carbons (Fsp3) is 0.267. The smallest absolute Gasteiger partial charge is 0.317 e. The van der Waals surface area contributed by atoms with E-state index in [0.29, 0.717) is 13.1 Å². The largest absolute Gasteiger partial charge is 0.334 e. The van der Waals surface area contributed by atoms with E-state index in [1.54, 1.807) is 36.7 Å². The molecule has 5 heteroatoms. The quantitative estimate of drug-likeness (QED) is 0.902. The van der Waals surface area contributed by atoms with Crippen molar-refractivity contribution in [1.82, 2.24) is 20.2 Å². The van der Waals surface area contributed by atoms with E-state index in [2.05, 4.69) is 15.3 Å². The average molecular weight is 270 g/mol. The summed E-state index contributed by atoms with van der Waals surface area (Å²) in [5, 5.41) is 2.87. The Balaban J connectivity index is 1.75. The summed E-state index contributed by atoms with van der Waals surface area (Å²) in [4.78, 5) is 21.6. The first-order valence-corrected chi connectivity index (χ1v) is 6.52. The summed E-state index contributed by atoms with van der Waals surface area (Å²) in [5.41, 5.74) is 2.16. The van der Waals surface area contributed by atoms with Crippen LogP contribution >= 0.6 is 0 Å². The van der Waals surface area contributed by atoms with Gasteiger partial charge in [0, 0.05) is 44.9 Å². The molecule has 0 spiro atoms. The lowest BCUT2D eigenvalue weighted by molar-refractivity contribution is 0.209. The maximum Gasteiger partial charge on any atom is 0.317 e. The topological polar surface area (TPSA) is 58.1 Å². The van der Waals surface area contributed by atoms with Crippen LogP contribution < -0.4 is 5.32 Å². The van der Waals surface area contributed by atoms with Crippen molar-refractivity contribution >= 4 is 6.03 Å². The van der Waals surface area contributed by atoms with Crippen LogP contribution in [0, 0.1) is 0 Å².